The van der Waals surface area contributed by atoms with Crippen LogP contribution in [0.5, 0.6) is 0 Å². The van der Waals surface area contributed by atoms with Gasteiger partial charge in [0.05, 0.1) is 0 Å². The highest BCUT2D eigenvalue weighted by atomic mass is 16.4. The number of aromatic nitrogens is 3. The number of aryl methyl sites for hydroxylation is 2. The van der Waals surface area contributed by atoms with Crippen molar-refractivity contribution in [1.29, 1.82) is 0 Å². The van der Waals surface area contributed by atoms with Crippen LogP contribution in [0, 0.1) is 13.8 Å². The number of carbonyl (C=O) groups is 1. The predicted octanol–water partition coefficient (Wildman–Crippen LogP) is 2.03. The molecule has 0 aliphatic rings. The summed E-state index contributed by atoms with van der Waals surface area (Å²) in [7, 11) is 0. The first-order valence-corrected chi connectivity index (χ1v) is 7.66. The van der Waals surface area contributed by atoms with Crippen LogP contribution in [0.1, 0.15) is 27.6 Å². The van der Waals surface area contributed by atoms with Gasteiger partial charge in [0, 0.05) is 35.6 Å². The summed E-state index contributed by atoms with van der Waals surface area (Å²) in [5, 5.41) is 10.1. The van der Waals surface area contributed by atoms with Crippen LogP contribution in [0.15, 0.2) is 40.8 Å². The average Bonchev–Trinajstić information content (AvgIpc) is 3.13. The molecule has 0 spiro atoms. The number of nitrogens with zero attached hydrogens (tertiary/aromatic N) is 3. The Morgan fingerprint density at radius 3 is 2.38 bits per heavy atom. The maximum atomic E-state index is 12.2. The van der Waals surface area contributed by atoms with Gasteiger partial charge in [-0.3, -0.25) is 4.79 Å². The lowest BCUT2D eigenvalue weighted by molar-refractivity contribution is 0.0953. The molecule has 7 nitrogen and oxygen atoms in total. The van der Waals surface area contributed by atoms with Gasteiger partial charge >= 0.3 is 6.01 Å². The highest BCUT2D eigenvalue weighted by molar-refractivity contribution is 5.94. The van der Waals surface area contributed by atoms with E-state index in [-0.39, 0.29) is 11.9 Å². The van der Waals surface area contributed by atoms with Gasteiger partial charge in [0.15, 0.2) is 0 Å². The molecular formula is C17H19N5O2. The van der Waals surface area contributed by atoms with E-state index in [9.17, 15) is 4.79 Å². The molecule has 2 heterocycles. The zero-order valence-electron chi connectivity index (χ0n) is 13.6. The number of benzene rings is 1. The summed E-state index contributed by atoms with van der Waals surface area (Å²) in [6, 6.07) is 11.7. The fourth-order valence-electron chi connectivity index (χ4n) is 2.59. The van der Waals surface area contributed by atoms with Gasteiger partial charge in [0.2, 0.25) is 5.89 Å². The maximum absolute atomic E-state index is 12.2. The molecule has 0 aliphatic heterocycles. The van der Waals surface area contributed by atoms with Crippen LogP contribution < -0.4 is 11.1 Å². The summed E-state index contributed by atoms with van der Waals surface area (Å²) in [6.07, 6.45) is 0.440. The molecule has 0 saturated carbocycles. The molecule has 3 aromatic rings. The molecule has 1 amide bonds. The topological polar surface area (TPSA) is 99.0 Å². The third-order valence-corrected chi connectivity index (χ3v) is 3.77. The lowest BCUT2D eigenvalue weighted by Crippen LogP contribution is -2.25. The van der Waals surface area contributed by atoms with Gasteiger partial charge in [0.1, 0.15) is 0 Å². The highest BCUT2D eigenvalue weighted by Gasteiger charge is 2.09. The molecule has 0 bridgehead atoms. The van der Waals surface area contributed by atoms with Gasteiger partial charge in [-0.1, -0.05) is 5.10 Å². The Hall–Kier alpha value is -3.09. The van der Waals surface area contributed by atoms with E-state index < -0.39 is 0 Å². The van der Waals surface area contributed by atoms with Gasteiger partial charge in [-0.25, -0.2) is 0 Å². The van der Waals surface area contributed by atoms with Crippen molar-refractivity contribution in [2.45, 2.75) is 20.3 Å². The quantitative estimate of drug-likeness (QED) is 0.748. The first-order chi connectivity index (χ1) is 11.5. The molecule has 0 atom stereocenters. The number of rotatable bonds is 5. The molecule has 3 rings (SSSR count). The van der Waals surface area contributed by atoms with Crippen molar-refractivity contribution in [3.8, 4) is 5.69 Å². The number of amides is 1. The molecule has 0 saturated heterocycles. The number of anilines is 1. The van der Waals surface area contributed by atoms with E-state index in [0.717, 1.165) is 17.1 Å². The molecule has 124 valence electrons. The summed E-state index contributed by atoms with van der Waals surface area (Å²) in [5.41, 5.74) is 9.30. The predicted molar refractivity (Wildman–Crippen MR) is 90.0 cm³/mol. The van der Waals surface area contributed by atoms with E-state index >= 15 is 0 Å². The van der Waals surface area contributed by atoms with Crippen molar-refractivity contribution in [3.05, 3.63) is 59.2 Å². The van der Waals surface area contributed by atoms with E-state index in [2.05, 4.69) is 46.1 Å². The third kappa shape index (κ3) is 3.29. The average molecular weight is 325 g/mol. The van der Waals surface area contributed by atoms with Gasteiger partial charge in [-0.2, -0.15) is 0 Å². The van der Waals surface area contributed by atoms with E-state index in [4.69, 9.17) is 10.2 Å². The van der Waals surface area contributed by atoms with Gasteiger partial charge < -0.3 is 20.0 Å². The van der Waals surface area contributed by atoms with Crippen LogP contribution in [-0.2, 0) is 6.42 Å². The molecule has 0 aliphatic carbocycles. The number of hydrogen-bond donors (Lipinski definition) is 2. The fourth-order valence-corrected chi connectivity index (χ4v) is 2.59. The molecule has 0 radical (unpaired) electrons. The van der Waals surface area contributed by atoms with E-state index in [1.165, 1.54) is 0 Å². The zero-order valence-corrected chi connectivity index (χ0v) is 13.6. The number of nitrogens with two attached hydrogens (primary N) is 1. The zero-order chi connectivity index (χ0) is 17.1. The van der Waals surface area contributed by atoms with Crippen LogP contribution in [-0.4, -0.2) is 27.2 Å². The lowest BCUT2D eigenvalue weighted by atomic mass is 10.2. The lowest BCUT2D eigenvalue weighted by Gasteiger charge is -2.10. The standard InChI is InChI=1S/C17H19N5O2/c1-11-3-4-12(2)22(11)14-7-5-13(6-8-14)16(23)19-10-9-15-20-21-17(18)24-15/h3-8H,9-10H2,1-2H3,(H2,18,21)(H,19,23). The maximum Gasteiger partial charge on any atom is 0.312 e. The number of nitrogens with one attached hydrogen (secondary N) is 1. The Labute approximate surface area is 139 Å². The van der Waals surface area contributed by atoms with Gasteiger partial charge in [-0.05, 0) is 50.2 Å². The largest absolute Gasteiger partial charge is 0.408 e. The van der Waals surface area contributed by atoms with Crippen LogP contribution in [0.25, 0.3) is 5.69 Å². The second-order valence-corrected chi connectivity index (χ2v) is 5.54. The third-order valence-electron chi connectivity index (χ3n) is 3.77. The monoisotopic (exact) mass is 325 g/mol. The highest BCUT2D eigenvalue weighted by Crippen LogP contribution is 2.16. The van der Waals surface area contributed by atoms with Crippen molar-refractivity contribution in [3.63, 3.8) is 0 Å². The van der Waals surface area contributed by atoms with Crippen LogP contribution in [0.3, 0.4) is 0 Å². The van der Waals surface area contributed by atoms with Crippen molar-refractivity contribution in [2.24, 2.45) is 0 Å². The van der Waals surface area contributed by atoms with E-state index in [0.29, 0.717) is 24.4 Å². The van der Waals surface area contributed by atoms with Gasteiger partial charge in [-0.15, -0.1) is 5.10 Å². The Balaban J connectivity index is 1.61. The Morgan fingerprint density at radius 1 is 1.12 bits per heavy atom. The molecule has 3 N–H and O–H groups in total. The van der Waals surface area contributed by atoms with Crippen molar-refractivity contribution in [2.75, 3.05) is 12.3 Å². The van der Waals surface area contributed by atoms with Crippen molar-refractivity contribution < 1.29 is 9.21 Å². The molecule has 2 aromatic heterocycles. The molecular weight excluding hydrogens is 306 g/mol. The van der Waals surface area contributed by atoms with E-state index in [1.807, 2.05) is 24.3 Å². The van der Waals surface area contributed by atoms with E-state index in [1.54, 1.807) is 0 Å². The second kappa shape index (κ2) is 6.57. The van der Waals surface area contributed by atoms with Crippen LogP contribution >= 0.6 is 0 Å². The minimum Gasteiger partial charge on any atom is -0.408 e. The Bertz CT molecular complexity index is 829. The summed E-state index contributed by atoms with van der Waals surface area (Å²) in [5.74, 6) is 0.261. The van der Waals surface area contributed by atoms with Crippen LogP contribution in [0.2, 0.25) is 0 Å². The number of hydrogen-bond acceptors (Lipinski definition) is 5. The summed E-state index contributed by atoms with van der Waals surface area (Å²) in [4.78, 5) is 12.2. The molecule has 7 heteroatoms. The van der Waals surface area contributed by atoms with Crippen LogP contribution in [0.4, 0.5) is 6.01 Å². The first kappa shape index (κ1) is 15.8. The second-order valence-electron chi connectivity index (χ2n) is 5.54. The Kier molecular flexibility index (Phi) is 4.33. The number of carbonyl (C=O) groups excluding carboxylic acids is 1. The fraction of sp³-hybridized carbons (Fsp3) is 0.235. The minimum atomic E-state index is -0.144. The van der Waals surface area contributed by atoms with Gasteiger partial charge in [0.25, 0.3) is 5.91 Å². The number of nitrogen functional groups attached to an aromatic ring is 1. The summed E-state index contributed by atoms with van der Waals surface area (Å²) < 4.78 is 7.19. The smallest absolute Gasteiger partial charge is 0.312 e. The molecule has 1 aromatic carbocycles. The Morgan fingerprint density at radius 2 is 1.79 bits per heavy atom. The normalized spacial score (nSPS) is 10.8. The SMILES string of the molecule is Cc1ccc(C)n1-c1ccc(C(=O)NCCc2nnc(N)o2)cc1. The van der Waals surface area contributed by atoms with Crippen molar-refractivity contribution in [1.82, 2.24) is 20.1 Å². The van der Waals surface area contributed by atoms with Crippen molar-refractivity contribution >= 4 is 11.9 Å². The summed E-state index contributed by atoms with van der Waals surface area (Å²) >= 11 is 0. The first-order valence-electron chi connectivity index (χ1n) is 7.66. The summed E-state index contributed by atoms with van der Waals surface area (Å²) in [6.45, 7) is 4.51. The molecule has 0 unspecified atom stereocenters. The molecule has 24 heavy (non-hydrogen) atoms. The minimum absolute atomic E-state index is 0.0301. The molecule has 0 fully saturated rings.